The zero-order valence-corrected chi connectivity index (χ0v) is 17.8. The molecule has 9 heteroatoms. The maximum atomic E-state index is 12.9. The normalized spacial score (nSPS) is 16.4. The van der Waals surface area contributed by atoms with Crippen molar-refractivity contribution in [3.05, 3.63) is 58.4 Å². The summed E-state index contributed by atoms with van der Waals surface area (Å²) < 4.78 is 35.4. The van der Waals surface area contributed by atoms with E-state index in [4.69, 9.17) is 4.74 Å². The van der Waals surface area contributed by atoms with E-state index in [1.165, 1.54) is 27.8 Å². The molecule has 152 valence electrons. The summed E-state index contributed by atoms with van der Waals surface area (Å²) in [7, 11) is -1.82. The van der Waals surface area contributed by atoms with E-state index >= 15 is 0 Å². The van der Waals surface area contributed by atoms with Gasteiger partial charge in [-0.2, -0.15) is 9.30 Å². The highest BCUT2D eigenvalue weighted by Gasteiger charge is 2.27. The number of morpholine rings is 1. The Labute approximate surface area is 172 Å². The van der Waals surface area contributed by atoms with Crippen LogP contribution in [0.25, 0.3) is 10.2 Å². The fraction of sp³-hybridized carbons (Fsp3) is 0.300. The number of carbonyl (C=O) groups is 1. The lowest BCUT2D eigenvalue weighted by Crippen LogP contribution is -2.40. The van der Waals surface area contributed by atoms with Gasteiger partial charge in [0.25, 0.3) is 5.91 Å². The number of hydrogen-bond acceptors (Lipinski definition) is 5. The Bertz CT molecular complexity index is 1250. The third kappa shape index (κ3) is 3.78. The molecule has 0 saturated carbocycles. The molecule has 3 aromatic rings. The van der Waals surface area contributed by atoms with Crippen molar-refractivity contribution in [2.75, 3.05) is 26.3 Å². The van der Waals surface area contributed by atoms with Crippen LogP contribution in [0.2, 0.25) is 0 Å². The fourth-order valence-electron chi connectivity index (χ4n) is 3.26. The lowest BCUT2D eigenvalue weighted by molar-refractivity contribution is 0.0730. The van der Waals surface area contributed by atoms with Crippen LogP contribution in [-0.2, 0) is 21.8 Å². The molecule has 0 aliphatic carbocycles. The smallest absolute Gasteiger partial charge is 0.279 e. The molecule has 0 N–H and O–H groups in total. The number of carbonyl (C=O) groups excluding carboxylic acids is 1. The van der Waals surface area contributed by atoms with Crippen LogP contribution in [0.1, 0.15) is 15.9 Å². The number of ether oxygens (including phenoxy) is 1. The Balaban J connectivity index is 1.74. The summed E-state index contributed by atoms with van der Waals surface area (Å²) in [6.45, 7) is 3.13. The van der Waals surface area contributed by atoms with Crippen LogP contribution in [0.3, 0.4) is 0 Å². The molecule has 1 aliphatic heterocycles. The molecule has 0 atom stereocenters. The van der Waals surface area contributed by atoms with Gasteiger partial charge in [-0.1, -0.05) is 29.5 Å². The number of aryl methyl sites for hydroxylation is 2. The van der Waals surface area contributed by atoms with Crippen LogP contribution in [0.15, 0.2) is 52.4 Å². The van der Waals surface area contributed by atoms with Gasteiger partial charge in [-0.25, -0.2) is 8.42 Å². The van der Waals surface area contributed by atoms with E-state index in [0.717, 1.165) is 10.2 Å². The van der Waals surface area contributed by atoms with Gasteiger partial charge in [0.1, 0.15) is 0 Å². The van der Waals surface area contributed by atoms with E-state index in [0.29, 0.717) is 36.7 Å². The van der Waals surface area contributed by atoms with Crippen molar-refractivity contribution in [1.29, 1.82) is 0 Å². The summed E-state index contributed by atoms with van der Waals surface area (Å²) in [5, 5.41) is 0. The summed E-state index contributed by atoms with van der Waals surface area (Å²) >= 11 is 1.42. The average molecular weight is 432 g/mol. The van der Waals surface area contributed by atoms with Crippen molar-refractivity contribution in [2.24, 2.45) is 12.0 Å². The van der Waals surface area contributed by atoms with E-state index < -0.39 is 15.9 Å². The second-order valence-corrected chi connectivity index (χ2v) is 9.77. The molecule has 29 heavy (non-hydrogen) atoms. The van der Waals surface area contributed by atoms with Gasteiger partial charge in [-0.05, 0) is 36.8 Å². The monoisotopic (exact) mass is 431 g/mol. The first-order valence-electron chi connectivity index (χ1n) is 9.20. The maximum Gasteiger partial charge on any atom is 0.279 e. The molecule has 0 bridgehead atoms. The van der Waals surface area contributed by atoms with Crippen molar-refractivity contribution in [2.45, 2.75) is 11.8 Å². The zero-order valence-electron chi connectivity index (χ0n) is 16.2. The average Bonchev–Trinajstić information content (AvgIpc) is 3.04. The molecule has 1 saturated heterocycles. The molecule has 2 aromatic carbocycles. The first-order chi connectivity index (χ1) is 13.9. The highest BCUT2D eigenvalue weighted by Crippen LogP contribution is 2.21. The van der Waals surface area contributed by atoms with Crippen molar-refractivity contribution in [3.63, 3.8) is 0 Å². The molecule has 1 amide bonds. The molecule has 4 rings (SSSR count). The van der Waals surface area contributed by atoms with E-state index in [1.54, 1.807) is 13.0 Å². The van der Waals surface area contributed by atoms with Crippen LogP contribution in [-0.4, -0.2) is 49.5 Å². The number of thiazole rings is 1. The topological polar surface area (TPSA) is 81.0 Å². The highest BCUT2D eigenvalue weighted by atomic mass is 32.2. The third-order valence-corrected chi connectivity index (χ3v) is 7.97. The molecule has 1 aliphatic rings. The Hall–Kier alpha value is -2.33. The molecule has 0 radical (unpaired) electrons. The summed E-state index contributed by atoms with van der Waals surface area (Å²) in [6, 6.07) is 12.4. The number of para-hydroxylation sites is 1. The number of amides is 1. The predicted molar refractivity (Wildman–Crippen MR) is 111 cm³/mol. The number of hydrogen-bond donors (Lipinski definition) is 0. The second-order valence-electron chi connectivity index (χ2n) is 6.82. The molecule has 1 aromatic heterocycles. The molecule has 1 fully saturated rings. The molecular formula is C20H21N3O4S2. The van der Waals surface area contributed by atoms with Gasteiger partial charge in [0, 0.05) is 25.7 Å². The largest absolute Gasteiger partial charge is 0.379 e. The summed E-state index contributed by atoms with van der Waals surface area (Å²) in [5.41, 5.74) is 1.96. The van der Waals surface area contributed by atoms with Gasteiger partial charge < -0.3 is 9.30 Å². The zero-order chi connectivity index (χ0) is 20.6. The minimum absolute atomic E-state index is 0.101. The standard InChI is InChI=1S/C20H21N3O4S2/c1-14-7-8-15(29(25,26)23-9-11-27-12-10-23)13-16(14)19(24)21-20-22(2)17-5-3-4-6-18(17)28-20/h3-8,13H,9-12H2,1-2H3. The van der Waals surface area contributed by atoms with Gasteiger partial charge in [-0.15, -0.1) is 0 Å². The van der Waals surface area contributed by atoms with Gasteiger partial charge in [0.05, 0.1) is 28.3 Å². The first kappa shape index (κ1) is 20.0. The Morgan fingerprint density at radius 2 is 1.86 bits per heavy atom. The van der Waals surface area contributed by atoms with Crippen LogP contribution >= 0.6 is 11.3 Å². The van der Waals surface area contributed by atoms with Crippen molar-refractivity contribution < 1.29 is 17.9 Å². The van der Waals surface area contributed by atoms with E-state index in [2.05, 4.69) is 4.99 Å². The number of sulfonamides is 1. The highest BCUT2D eigenvalue weighted by molar-refractivity contribution is 7.89. The van der Waals surface area contributed by atoms with Gasteiger partial charge >= 0.3 is 0 Å². The van der Waals surface area contributed by atoms with Crippen molar-refractivity contribution >= 4 is 37.5 Å². The number of benzene rings is 2. The van der Waals surface area contributed by atoms with Gasteiger partial charge in [0.15, 0.2) is 4.80 Å². The summed E-state index contributed by atoms with van der Waals surface area (Å²) in [4.78, 5) is 17.9. The maximum absolute atomic E-state index is 12.9. The Morgan fingerprint density at radius 3 is 2.59 bits per heavy atom. The molecular weight excluding hydrogens is 410 g/mol. The van der Waals surface area contributed by atoms with E-state index in [1.807, 2.05) is 35.9 Å². The summed E-state index contributed by atoms with van der Waals surface area (Å²) in [5.74, 6) is -0.455. The lowest BCUT2D eigenvalue weighted by atomic mass is 10.1. The Kier molecular flexibility index (Phi) is 5.39. The van der Waals surface area contributed by atoms with E-state index in [9.17, 15) is 13.2 Å². The van der Waals surface area contributed by atoms with Crippen LogP contribution in [0.4, 0.5) is 0 Å². The lowest BCUT2D eigenvalue weighted by Gasteiger charge is -2.26. The van der Waals surface area contributed by atoms with Crippen molar-refractivity contribution in [3.8, 4) is 0 Å². The second kappa shape index (κ2) is 7.83. The molecule has 0 unspecified atom stereocenters. The number of rotatable bonds is 3. The van der Waals surface area contributed by atoms with Gasteiger partial charge in [-0.3, -0.25) is 4.79 Å². The third-order valence-electron chi connectivity index (χ3n) is 4.96. The molecule has 0 spiro atoms. The number of fused-ring (bicyclic) bond motifs is 1. The first-order valence-corrected chi connectivity index (χ1v) is 11.5. The quantitative estimate of drug-likeness (QED) is 0.637. The Morgan fingerprint density at radius 1 is 1.14 bits per heavy atom. The predicted octanol–water partition coefficient (Wildman–Crippen LogP) is 2.31. The SMILES string of the molecule is Cc1ccc(S(=O)(=O)N2CCOCC2)cc1C(=O)N=c1sc2ccccc2n1C. The van der Waals surface area contributed by atoms with Crippen LogP contribution in [0.5, 0.6) is 0 Å². The van der Waals surface area contributed by atoms with Crippen molar-refractivity contribution in [1.82, 2.24) is 8.87 Å². The fourth-order valence-corrected chi connectivity index (χ4v) is 5.71. The van der Waals surface area contributed by atoms with Crippen LogP contribution < -0.4 is 4.80 Å². The van der Waals surface area contributed by atoms with E-state index in [-0.39, 0.29) is 10.5 Å². The molecule has 2 heterocycles. The summed E-state index contributed by atoms with van der Waals surface area (Å²) in [6.07, 6.45) is 0. The minimum Gasteiger partial charge on any atom is -0.379 e. The van der Waals surface area contributed by atoms with Gasteiger partial charge in [0.2, 0.25) is 10.0 Å². The number of nitrogens with zero attached hydrogens (tertiary/aromatic N) is 3. The van der Waals surface area contributed by atoms with Crippen LogP contribution in [0, 0.1) is 6.92 Å². The molecule has 7 nitrogen and oxygen atoms in total. The number of aromatic nitrogens is 1. The minimum atomic E-state index is -3.68.